The smallest absolute Gasteiger partial charge is 0.234 e. The lowest BCUT2D eigenvalue weighted by atomic mass is 10.2. The van der Waals surface area contributed by atoms with Gasteiger partial charge in [-0.05, 0) is 19.9 Å². The molecule has 1 unspecified atom stereocenters. The quantitative estimate of drug-likeness (QED) is 0.218. The Labute approximate surface area is 159 Å². The number of amides is 1. The van der Waals surface area contributed by atoms with E-state index in [-0.39, 0.29) is 5.91 Å². The Kier molecular flexibility index (Phi) is 19.9. The normalized spacial score (nSPS) is 12.3. The number of likely N-dealkylation sites (N-methyl/N-ethyl adjacent to an activating group) is 1. The van der Waals surface area contributed by atoms with Crippen molar-refractivity contribution in [2.45, 2.75) is 33.2 Å². The highest BCUT2D eigenvalue weighted by molar-refractivity contribution is 5.77. The third-order valence-electron chi connectivity index (χ3n) is 3.68. The van der Waals surface area contributed by atoms with E-state index in [1.165, 1.54) is 0 Å². The van der Waals surface area contributed by atoms with Crippen LogP contribution in [0.2, 0.25) is 0 Å². The second-order valence-corrected chi connectivity index (χ2v) is 5.98. The first-order valence-electron chi connectivity index (χ1n) is 9.85. The molecule has 0 aliphatic heterocycles. The van der Waals surface area contributed by atoms with E-state index >= 15 is 0 Å². The van der Waals surface area contributed by atoms with Crippen molar-refractivity contribution < 1.29 is 19.0 Å². The summed E-state index contributed by atoms with van der Waals surface area (Å²) < 4.78 is 16.2. The number of hydrogen-bond donors (Lipinski definition) is 4. The summed E-state index contributed by atoms with van der Waals surface area (Å²) in [5, 5.41) is 12.4. The molecule has 0 aliphatic carbocycles. The predicted molar refractivity (Wildman–Crippen MR) is 105 cm³/mol. The lowest BCUT2D eigenvalue weighted by molar-refractivity contribution is -0.120. The highest BCUT2D eigenvalue weighted by Gasteiger charge is 2.00. The van der Waals surface area contributed by atoms with Gasteiger partial charge in [0.1, 0.15) is 0 Å². The molecule has 1 amide bonds. The summed E-state index contributed by atoms with van der Waals surface area (Å²) in [7, 11) is 0. The van der Waals surface area contributed by atoms with E-state index in [0.29, 0.717) is 65.3 Å². The molecule has 0 radical (unpaired) electrons. The minimum absolute atomic E-state index is 0.00780. The van der Waals surface area contributed by atoms with Crippen LogP contribution in [0, 0.1) is 0 Å². The molecule has 0 aromatic rings. The molecule has 4 N–H and O–H groups in total. The molecular weight excluding hydrogens is 336 g/mol. The number of hydrogen-bond acceptors (Lipinski definition) is 7. The molecule has 8 nitrogen and oxygen atoms in total. The zero-order chi connectivity index (χ0) is 19.3. The third-order valence-corrected chi connectivity index (χ3v) is 3.68. The summed E-state index contributed by atoms with van der Waals surface area (Å²) in [5.74, 6) is 0.00780. The molecule has 1 atom stereocenters. The zero-order valence-electron chi connectivity index (χ0n) is 16.9. The Morgan fingerprint density at radius 3 is 1.96 bits per heavy atom. The van der Waals surface area contributed by atoms with Gasteiger partial charge in [-0.25, -0.2) is 0 Å². The first kappa shape index (κ1) is 25.2. The third kappa shape index (κ3) is 19.6. The Morgan fingerprint density at radius 2 is 1.38 bits per heavy atom. The van der Waals surface area contributed by atoms with Crippen molar-refractivity contribution in [3.8, 4) is 0 Å². The van der Waals surface area contributed by atoms with Crippen LogP contribution in [0.4, 0.5) is 0 Å². The van der Waals surface area contributed by atoms with Crippen molar-refractivity contribution in [1.29, 1.82) is 0 Å². The van der Waals surface area contributed by atoms with Crippen LogP contribution in [0.3, 0.4) is 0 Å². The van der Waals surface area contributed by atoms with Crippen molar-refractivity contribution >= 4 is 5.91 Å². The molecule has 0 aromatic carbocycles. The highest BCUT2D eigenvalue weighted by Crippen LogP contribution is 1.85. The van der Waals surface area contributed by atoms with Gasteiger partial charge < -0.3 is 35.5 Å². The number of nitrogens with one attached hydrogen (secondary N) is 4. The van der Waals surface area contributed by atoms with Crippen LogP contribution in [0.25, 0.3) is 0 Å². The zero-order valence-corrected chi connectivity index (χ0v) is 16.9. The molecule has 0 rings (SSSR count). The van der Waals surface area contributed by atoms with E-state index in [1.807, 2.05) is 0 Å². The van der Waals surface area contributed by atoms with Gasteiger partial charge in [0.05, 0.1) is 46.2 Å². The molecule has 0 aliphatic rings. The fourth-order valence-corrected chi connectivity index (χ4v) is 1.94. The van der Waals surface area contributed by atoms with Gasteiger partial charge in [0.15, 0.2) is 0 Å². The van der Waals surface area contributed by atoms with Crippen LogP contribution in [-0.4, -0.2) is 90.9 Å². The van der Waals surface area contributed by atoms with Crippen molar-refractivity contribution in [3.63, 3.8) is 0 Å². The number of ether oxygens (including phenoxy) is 3. The van der Waals surface area contributed by atoms with Crippen LogP contribution in [0.15, 0.2) is 0 Å². The first-order valence-corrected chi connectivity index (χ1v) is 9.85. The van der Waals surface area contributed by atoms with Crippen LogP contribution < -0.4 is 21.3 Å². The fourth-order valence-electron chi connectivity index (χ4n) is 1.94. The maximum atomic E-state index is 11.6. The topological polar surface area (TPSA) is 92.9 Å². The summed E-state index contributed by atoms with van der Waals surface area (Å²) in [6.07, 6.45) is 1.09. The van der Waals surface area contributed by atoms with Gasteiger partial charge in [0.2, 0.25) is 5.91 Å². The lowest BCUT2D eigenvalue weighted by Crippen LogP contribution is -2.40. The Bertz CT molecular complexity index is 309. The molecule has 0 saturated carbocycles. The average molecular weight is 377 g/mol. The molecule has 0 spiro atoms. The van der Waals surface area contributed by atoms with Crippen molar-refractivity contribution in [2.24, 2.45) is 0 Å². The standard InChI is InChI=1S/C18H40N4O4/c1-4-17(3)21-6-7-22-18(23)16-20-9-11-25-13-15-26-14-12-24-10-8-19-5-2/h17,19-21H,4-16H2,1-3H3,(H,22,23). The second-order valence-electron chi connectivity index (χ2n) is 5.98. The molecule has 0 heterocycles. The SMILES string of the molecule is CCNCCOCCOCCOCCNCC(=O)NCCNC(C)CC. The van der Waals surface area contributed by atoms with E-state index in [1.54, 1.807) is 0 Å². The Morgan fingerprint density at radius 1 is 0.808 bits per heavy atom. The lowest BCUT2D eigenvalue weighted by Gasteiger charge is -2.12. The highest BCUT2D eigenvalue weighted by atomic mass is 16.5. The molecule has 26 heavy (non-hydrogen) atoms. The van der Waals surface area contributed by atoms with Gasteiger partial charge in [-0.2, -0.15) is 0 Å². The first-order chi connectivity index (χ1) is 12.7. The molecule has 0 saturated heterocycles. The minimum atomic E-state index is 0.00780. The van der Waals surface area contributed by atoms with Crippen LogP contribution >= 0.6 is 0 Å². The molecule has 0 aromatic heterocycles. The van der Waals surface area contributed by atoms with Gasteiger partial charge >= 0.3 is 0 Å². The Hall–Kier alpha value is -0.770. The summed E-state index contributed by atoms with van der Waals surface area (Å²) in [6.45, 7) is 14.1. The van der Waals surface area contributed by atoms with Gasteiger partial charge in [-0.15, -0.1) is 0 Å². The maximum absolute atomic E-state index is 11.6. The van der Waals surface area contributed by atoms with E-state index in [4.69, 9.17) is 14.2 Å². The molecular formula is C18H40N4O4. The molecule has 8 heteroatoms. The van der Waals surface area contributed by atoms with Crippen molar-refractivity contribution in [1.82, 2.24) is 21.3 Å². The van der Waals surface area contributed by atoms with Crippen LogP contribution in [-0.2, 0) is 19.0 Å². The Balaban J connectivity index is 3.15. The van der Waals surface area contributed by atoms with Gasteiger partial charge in [-0.1, -0.05) is 13.8 Å². The maximum Gasteiger partial charge on any atom is 0.234 e. The van der Waals surface area contributed by atoms with Crippen molar-refractivity contribution in [3.05, 3.63) is 0 Å². The fraction of sp³-hybridized carbons (Fsp3) is 0.944. The second kappa shape index (κ2) is 20.5. The van der Waals surface area contributed by atoms with Gasteiger partial charge in [-0.3, -0.25) is 4.79 Å². The minimum Gasteiger partial charge on any atom is -0.378 e. The largest absolute Gasteiger partial charge is 0.378 e. The van der Waals surface area contributed by atoms with Gasteiger partial charge in [0.25, 0.3) is 0 Å². The molecule has 0 fully saturated rings. The summed E-state index contributed by atoms with van der Waals surface area (Å²) in [6, 6.07) is 0.488. The molecule has 0 bridgehead atoms. The van der Waals surface area contributed by atoms with Crippen LogP contribution in [0.1, 0.15) is 27.2 Å². The summed E-state index contributed by atoms with van der Waals surface area (Å²) in [4.78, 5) is 11.6. The number of carbonyl (C=O) groups is 1. The number of rotatable bonds is 20. The summed E-state index contributed by atoms with van der Waals surface area (Å²) in [5.41, 5.74) is 0. The van der Waals surface area contributed by atoms with Crippen LogP contribution in [0.5, 0.6) is 0 Å². The predicted octanol–water partition coefficient (Wildman–Crippen LogP) is -0.260. The van der Waals surface area contributed by atoms with Crippen molar-refractivity contribution in [2.75, 3.05) is 78.9 Å². The monoisotopic (exact) mass is 376 g/mol. The average Bonchev–Trinajstić information content (AvgIpc) is 2.65. The number of carbonyl (C=O) groups excluding carboxylic acids is 1. The van der Waals surface area contributed by atoms with E-state index in [9.17, 15) is 4.79 Å². The molecule has 156 valence electrons. The van der Waals surface area contributed by atoms with E-state index in [0.717, 1.165) is 26.1 Å². The van der Waals surface area contributed by atoms with E-state index in [2.05, 4.69) is 42.0 Å². The van der Waals surface area contributed by atoms with E-state index < -0.39 is 0 Å². The van der Waals surface area contributed by atoms with Gasteiger partial charge in [0, 0.05) is 32.2 Å². The summed E-state index contributed by atoms with van der Waals surface area (Å²) >= 11 is 0.